The van der Waals surface area contributed by atoms with E-state index >= 15 is 0 Å². The number of fused-ring (bicyclic) bond motifs is 1. The number of piperidine rings is 1. The number of thiazole rings is 1. The van der Waals surface area contributed by atoms with Crippen LogP contribution in [0.25, 0.3) is 10.2 Å². The summed E-state index contributed by atoms with van der Waals surface area (Å²) in [5.41, 5.74) is 1.91. The summed E-state index contributed by atoms with van der Waals surface area (Å²) in [4.78, 5) is 19.5. The molecule has 1 atom stereocenters. The normalized spacial score (nSPS) is 17.4. The van der Waals surface area contributed by atoms with Crippen LogP contribution < -0.4 is 10.2 Å². The molecular weight excluding hydrogens is 349 g/mol. The zero-order chi connectivity index (χ0) is 17.9. The Balaban J connectivity index is 1.39. The van der Waals surface area contributed by atoms with Crippen molar-refractivity contribution in [3.8, 4) is 0 Å². The molecule has 1 amide bonds. The average molecular weight is 369 g/mol. The van der Waals surface area contributed by atoms with Crippen molar-refractivity contribution in [1.29, 1.82) is 0 Å². The van der Waals surface area contributed by atoms with Gasteiger partial charge < -0.3 is 10.2 Å². The number of hydrogen-bond donors (Lipinski definition) is 1. The molecule has 2 aromatic carbocycles. The fourth-order valence-corrected chi connectivity index (χ4v) is 4.30. The van der Waals surface area contributed by atoms with Gasteiger partial charge in [-0.15, -0.1) is 0 Å². The molecule has 26 heavy (non-hydrogen) atoms. The number of nitrogens with zero attached hydrogens (tertiary/aromatic N) is 2. The van der Waals surface area contributed by atoms with Crippen LogP contribution in [0.4, 0.5) is 9.52 Å². The highest BCUT2D eigenvalue weighted by atomic mass is 32.1. The lowest BCUT2D eigenvalue weighted by molar-refractivity contribution is -0.125. The second-order valence-electron chi connectivity index (χ2n) is 6.59. The van der Waals surface area contributed by atoms with E-state index < -0.39 is 0 Å². The van der Waals surface area contributed by atoms with Gasteiger partial charge in [0.2, 0.25) is 5.91 Å². The van der Waals surface area contributed by atoms with Gasteiger partial charge in [0.15, 0.2) is 5.13 Å². The van der Waals surface area contributed by atoms with Crippen LogP contribution >= 0.6 is 11.3 Å². The van der Waals surface area contributed by atoms with E-state index in [4.69, 9.17) is 4.98 Å². The van der Waals surface area contributed by atoms with Crippen molar-refractivity contribution in [2.75, 3.05) is 18.0 Å². The fourth-order valence-electron chi connectivity index (χ4n) is 3.30. The minimum atomic E-state index is -0.265. The summed E-state index contributed by atoms with van der Waals surface area (Å²) in [6.45, 7) is 2.05. The molecule has 1 aliphatic rings. The summed E-state index contributed by atoms with van der Waals surface area (Å²) in [5.74, 6) is -0.254. The molecule has 1 saturated heterocycles. The molecule has 4 rings (SSSR count). The molecule has 1 aromatic heterocycles. The molecule has 134 valence electrons. The summed E-state index contributed by atoms with van der Waals surface area (Å²) >= 11 is 1.68. The summed E-state index contributed by atoms with van der Waals surface area (Å²) in [6, 6.07) is 14.3. The number of para-hydroxylation sites is 1. The molecule has 6 heteroatoms. The van der Waals surface area contributed by atoms with Crippen molar-refractivity contribution in [2.24, 2.45) is 5.92 Å². The van der Waals surface area contributed by atoms with Crippen molar-refractivity contribution >= 4 is 32.6 Å². The van der Waals surface area contributed by atoms with Gasteiger partial charge in [-0.1, -0.05) is 35.6 Å². The molecule has 1 aliphatic heterocycles. The standard InChI is InChI=1S/C20H20FN3OS/c21-16-9-7-14(8-10-16)12-22-19(25)15-4-3-11-24(13-15)20-23-17-5-1-2-6-18(17)26-20/h1-2,5-10,15H,3-4,11-13H2,(H,22,25)/t15-/m1/s1. The Hall–Kier alpha value is -2.47. The minimum Gasteiger partial charge on any atom is -0.352 e. The monoisotopic (exact) mass is 369 g/mol. The zero-order valence-electron chi connectivity index (χ0n) is 14.3. The SMILES string of the molecule is O=C(NCc1ccc(F)cc1)[C@@H]1CCCN(c2nc3ccccc3s2)C1. The van der Waals surface area contributed by atoms with Gasteiger partial charge in [0, 0.05) is 19.6 Å². The van der Waals surface area contributed by atoms with Gasteiger partial charge in [-0.05, 0) is 42.7 Å². The van der Waals surface area contributed by atoms with Gasteiger partial charge in [0.05, 0.1) is 16.1 Å². The Kier molecular flexibility index (Phi) is 4.84. The number of aromatic nitrogens is 1. The smallest absolute Gasteiger partial charge is 0.225 e. The molecule has 0 aliphatic carbocycles. The third-order valence-corrected chi connectivity index (χ3v) is 5.82. The second-order valence-corrected chi connectivity index (χ2v) is 7.60. The first kappa shape index (κ1) is 17.0. The number of halogens is 1. The topological polar surface area (TPSA) is 45.2 Å². The molecule has 1 N–H and O–H groups in total. The van der Waals surface area contributed by atoms with E-state index in [1.165, 1.54) is 16.8 Å². The summed E-state index contributed by atoms with van der Waals surface area (Å²) in [5, 5.41) is 3.97. The minimum absolute atomic E-state index is 0.0452. The fraction of sp³-hybridized carbons (Fsp3) is 0.300. The van der Waals surface area contributed by atoms with E-state index in [0.717, 1.165) is 35.6 Å². The van der Waals surface area contributed by atoms with E-state index in [0.29, 0.717) is 13.1 Å². The van der Waals surface area contributed by atoms with E-state index in [1.807, 2.05) is 18.2 Å². The number of rotatable bonds is 4. The Morgan fingerprint density at radius 3 is 2.85 bits per heavy atom. The highest BCUT2D eigenvalue weighted by Gasteiger charge is 2.27. The molecule has 3 aromatic rings. The maximum atomic E-state index is 13.0. The van der Waals surface area contributed by atoms with Crippen molar-refractivity contribution in [3.63, 3.8) is 0 Å². The van der Waals surface area contributed by atoms with Crippen LogP contribution in [0, 0.1) is 11.7 Å². The third kappa shape index (κ3) is 3.70. The van der Waals surface area contributed by atoms with Crippen LogP contribution in [0.15, 0.2) is 48.5 Å². The number of carbonyl (C=O) groups excluding carboxylic acids is 1. The van der Waals surface area contributed by atoms with Crippen molar-refractivity contribution in [3.05, 3.63) is 59.9 Å². The molecule has 1 fully saturated rings. The van der Waals surface area contributed by atoms with E-state index in [9.17, 15) is 9.18 Å². The summed E-state index contributed by atoms with van der Waals surface area (Å²) in [6.07, 6.45) is 1.86. The third-order valence-electron chi connectivity index (χ3n) is 4.73. The number of nitrogens with one attached hydrogen (secondary N) is 1. The number of carbonyl (C=O) groups is 1. The van der Waals surface area contributed by atoms with E-state index in [1.54, 1.807) is 23.5 Å². The van der Waals surface area contributed by atoms with Gasteiger partial charge in [-0.2, -0.15) is 0 Å². The van der Waals surface area contributed by atoms with Gasteiger partial charge in [-0.25, -0.2) is 9.37 Å². The highest BCUT2D eigenvalue weighted by molar-refractivity contribution is 7.22. The maximum Gasteiger partial charge on any atom is 0.225 e. The second kappa shape index (κ2) is 7.41. The number of amides is 1. The number of hydrogen-bond acceptors (Lipinski definition) is 4. The molecular formula is C20H20FN3OS. The van der Waals surface area contributed by atoms with Crippen molar-refractivity contribution in [2.45, 2.75) is 19.4 Å². The van der Waals surface area contributed by atoms with Gasteiger partial charge in [-0.3, -0.25) is 4.79 Å². The average Bonchev–Trinajstić information content (AvgIpc) is 3.12. The first-order valence-electron chi connectivity index (χ1n) is 8.82. The molecule has 0 spiro atoms. The van der Waals surface area contributed by atoms with Gasteiger partial charge in [0.25, 0.3) is 0 Å². The first-order chi connectivity index (χ1) is 12.7. The highest BCUT2D eigenvalue weighted by Crippen LogP contribution is 2.31. The summed E-state index contributed by atoms with van der Waals surface area (Å²) < 4.78 is 14.1. The van der Waals surface area contributed by atoms with Crippen LogP contribution in [0.2, 0.25) is 0 Å². The van der Waals surface area contributed by atoms with Crippen LogP contribution in [0.3, 0.4) is 0 Å². The number of anilines is 1. The Morgan fingerprint density at radius 2 is 2.04 bits per heavy atom. The van der Waals surface area contributed by atoms with Gasteiger partial charge >= 0.3 is 0 Å². The zero-order valence-corrected chi connectivity index (χ0v) is 15.1. The molecule has 0 radical (unpaired) electrons. The molecule has 0 bridgehead atoms. The van der Waals surface area contributed by atoms with Gasteiger partial charge in [0.1, 0.15) is 5.82 Å². The lowest BCUT2D eigenvalue weighted by atomic mass is 9.97. The molecule has 0 unspecified atom stereocenters. The Labute approximate surface area is 155 Å². The lowest BCUT2D eigenvalue weighted by Gasteiger charge is -2.31. The lowest BCUT2D eigenvalue weighted by Crippen LogP contribution is -2.42. The molecule has 4 nitrogen and oxygen atoms in total. The predicted octanol–water partition coefficient (Wildman–Crippen LogP) is 3.97. The molecule has 0 saturated carbocycles. The van der Waals surface area contributed by atoms with Crippen molar-refractivity contribution < 1.29 is 9.18 Å². The van der Waals surface area contributed by atoms with Crippen LogP contribution in [-0.2, 0) is 11.3 Å². The van der Waals surface area contributed by atoms with E-state index in [-0.39, 0.29) is 17.6 Å². The van der Waals surface area contributed by atoms with Crippen LogP contribution in [0.1, 0.15) is 18.4 Å². The Morgan fingerprint density at radius 1 is 1.23 bits per heavy atom. The van der Waals surface area contributed by atoms with Crippen molar-refractivity contribution in [1.82, 2.24) is 10.3 Å². The Bertz CT molecular complexity index is 876. The first-order valence-corrected chi connectivity index (χ1v) is 9.63. The van der Waals surface area contributed by atoms with Crippen LogP contribution in [-0.4, -0.2) is 24.0 Å². The quantitative estimate of drug-likeness (QED) is 0.757. The molecule has 2 heterocycles. The number of benzene rings is 2. The van der Waals surface area contributed by atoms with Crippen LogP contribution in [0.5, 0.6) is 0 Å². The predicted molar refractivity (Wildman–Crippen MR) is 103 cm³/mol. The largest absolute Gasteiger partial charge is 0.352 e. The van der Waals surface area contributed by atoms with E-state index in [2.05, 4.69) is 16.3 Å². The maximum absolute atomic E-state index is 13.0. The summed E-state index contributed by atoms with van der Waals surface area (Å²) in [7, 11) is 0.